The number of benzene rings is 1. The molecule has 0 saturated carbocycles. The smallest absolute Gasteiger partial charge is 0.313 e. The lowest BCUT2D eigenvalue weighted by Gasteiger charge is -2.18. The average Bonchev–Trinajstić information content (AvgIpc) is 2.54. The largest absolute Gasteiger partial charge is 0.537 e. The molecule has 1 aliphatic carbocycles. The second-order valence-corrected chi connectivity index (χ2v) is 7.27. The second kappa shape index (κ2) is 8.70. The molecule has 0 fully saturated rings. The SMILES string of the molecule is C=NN[P+](=S)Oc1ccc(CCC=N)cc1C1C=C(C)C=CC1. The third-order valence-electron chi connectivity index (χ3n) is 3.62. The van der Waals surface area contributed by atoms with Gasteiger partial charge in [0.05, 0.1) is 0 Å². The first kappa shape index (κ1) is 17.5. The third-order valence-corrected chi connectivity index (χ3v) is 4.76. The van der Waals surface area contributed by atoms with E-state index in [0.717, 1.165) is 30.6 Å². The molecule has 2 unspecified atom stereocenters. The quantitative estimate of drug-likeness (QED) is 0.410. The first-order chi connectivity index (χ1) is 11.1. The van der Waals surface area contributed by atoms with Crippen LogP contribution in [0, 0.1) is 5.41 Å². The summed E-state index contributed by atoms with van der Waals surface area (Å²) >= 11 is 5.24. The topological polar surface area (TPSA) is 57.5 Å². The van der Waals surface area contributed by atoms with Crippen molar-refractivity contribution in [2.75, 3.05) is 0 Å². The summed E-state index contributed by atoms with van der Waals surface area (Å²) in [7, 11) is -1.30. The average molecular weight is 346 g/mol. The number of nitrogens with one attached hydrogen (secondary N) is 2. The fourth-order valence-corrected chi connectivity index (χ4v) is 3.51. The van der Waals surface area contributed by atoms with Crippen LogP contribution >= 0.6 is 7.07 Å². The van der Waals surface area contributed by atoms with Crippen LogP contribution in [-0.2, 0) is 18.2 Å². The number of hydrazone groups is 1. The lowest BCUT2D eigenvalue weighted by molar-refractivity contribution is 0.599. The van der Waals surface area contributed by atoms with Crippen molar-refractivity contribution >= 4 is 31.8 Å². The molecule has 4 nitrogen and oxygen atoms in total. The van der Waals surface area contributed by atoms with Gasteiger partial charge in [-0.3, -0.25) is 4.52 Å². The van der Waals surface area contributed by atoms with Crippen LogP contribution < -0.4 is 9.72 Å². The van der Waals surface area contributed by atoms with Crippen molar-refractivity contribution in [2.45, 2.75) is 32.1 Å². The van der Waals surface area contributed by atoms with Crippen LogP contribution in [0.2, 0.25) is 0 Å². The second-order valence-electron chi connectivity index (χ2n) is 5.38. The fraction of sp³-hybridized carbons (Fsp3) is 0.294. The highest BCUT2D eigenvalue weighted by Crippen LogP contribution is 2.37. The zero-order chi connectivity index (χ0) is 16.7. The summed E-state index contributed by atoms with van der Waals surface area (Å²) in [6.07, 6.45) is 10.6. The van der Waals surface area contributed by atoms with E-state index in [-0.39, 0.29) is 5.92 Å². The maximum Gasteiger partial charge on any atom is 0.537 e. The molecule has 2 N–H and O–H groups in total. The molecular formula is C17H21N3OPS+. The zero-order valence-corrected chi connectivity index (χ0v) is 14.9. The monoisotopic (exact) mass is 346 g/mol. The molecule has 120 valence electrons. The van der Waals surface area contributed by atoms with Crippen LogP contribution in [0.5, 0.6) is 5.75 Å². The first-order valence-corrected chi connectivity index (χ1v) is 9.74. The van der Waals surface area contributed by atoms with E-state index in [9.17, 15) is 0 Å². The standard InChI is InChI=1S/C17H21N3OPS/c1-13-5-3-7-15(11-13)16-12-14(6-4-10-18)8-9-17(16)21-22(23)20-19-2/h3,5,8-12,15,18H,2,4,6-7H2,1H3,(H,20,23)/q+1. The van der Waals surface area contributed by atoms with Crippen LogP contribution in [0.4, 0.5) is 0 Å². The van der Waals surface area contributed by atoms with Crippen molar-refractivity contribution in [1.82, 2.24) is 5.20 Å². The minimum absolute atomic E-state index is 0.282. The summed E-state index contributed by atoms with van der Waals surface area (Å²) < 4.78 is 5.87. The van der Waals surface area contributed by atoms with E-state index in [2.05, 4.69) is 48.2 Å². The Kier molecular flexibility index (Phi) is 6.63. The van der Waals surface area contributed by atoms with Crippen LogP contribution in [0.25, 0.3) is 0 Å². The Morgan fingerprint density at radius 3 is 3.09 bits per heavy atom. The summed E-state index contributed by atoms with van der Waals surface area (Å²) in [6.45, 7) is 5.48. The molecule has 6 heteroatoms. The van der Waals surface area contributed by atoms with Crippen LogP contribution in [-0.4, -0.2) is 12.9 Å². The van der Waals surface area contributed by atoms with Crippen LogP contribution in [0.15, 0.2) is 47.1 Å². The van der Waals surface area contributed by atoms with Crippen LogP contribution in [0.3, 0.4) is 0 Å². The molecular weight excluding hydrogens is 325 g/mol. The van der Waals surface area contributed by atoms with Crippen molar-refractivity contribution in [3.63, 3.8) is 0 Å². The number of hydrogen-bond acceptors (Lipinski definition) is 4. The molecule has 2 atom stereocenters. The van der Waals surface area contributed by atoms with Gasteiger partial charge in [0.2, 0.25) is 11.8 Å². The van der Waals surface area contributed by atoms with Gasteiger partial charge in [-0.2, -0.15) is 5.10 Å². The highest BCUT2D eigenvalue weighted by Gasteiger charge is 2.21. The number of allylic oxidation sites excluding steroid dienone is 4. The molecule has 1 aromatic carbocycles. The molecule has 0 spiro atoms. The van der Waals surface area contributed by atoms with Crippen molar-refractivity contribution in [1.29, 1.82) is 5.41 Å². The predicted octanol–water partition coefficient (Wildman–Crippen LogP) is 4.62. The molecule has 0 aliphatic heterocycles. The molecule has 0 aromatic heterocycles. The molecule has 0 bridgehead atoms. The normalized spacial score (nSPS) is 17.2. The van der Waals surface area contributed by atoms with Gasteiger partial charge in [0.25, 0.3) is 0 Å². The number of nitrogens with zero attached hydrogens (tertiary/aromatic N) is 1. The van der Waals surface area contributed by atoms with E-state index in [1.807, 2.05) is 12.1 Å². The van der Waals surface area contributed by atoms with Crippen molar-refractivity contribution in [2.24, 2.45) is 5.10 Å². The van der Waals surface area contributed by atoms with Gasteiger partial charge in [0, 0.05) is 18.2 Å². The van der Waals surface area contributed by atoms with Gasteiger partial charge < -0.3 is 5.41 Å². The third kappa shape index (κ3) is 5.08. The Morgan fingerprint density at radius 1 is 1.57 bits per heavy atom. The Bertz CT molecular complexity index is 670. The summed E-state index contributed by atoms with van der Waals surface area (Å²) in [5, 5.41) is 13.5. The van der Waals surface area contributed by atoms with E-state index in [4.69, 9.17) is 21.7 Å². The predicted molar refractivity (Wildman–Crippen MR) is 101 cm³/mol. The molecule has 0 saturated heterocycles. The number of hydrogen-bond donors (Lipinski definition) is 2. The fourth-order valence-electron chi connectivity index (χ4n) is 2.59. The molecule has 1 aliphatic rings. The van der Waals surface area contributed by atoms with Crippen LogP contribution in [0.1, 0.15) is 36.8 Å². The summed E-state index contributed by atoms with van der Waals surface area (Å²) in [5.41, 5.74) is 3.60. The van der Waals surface area contributed by atoms with Gasteiger partial charge in [0.15, 0.2) is 5.75 Å². The summed E-state index contributed by atoms with van der Waals surface area (Å²) in [6, 6.07) is 6.19. The lowest BCUT2D eigenvalue weighted by Crippen LogP contribution is -2.04. The molecule has 23 heavy (non-hydrogen) atoms. The molecule has 0 heterocycles. The van der Waals surface area contributed by atoms with Crippen molar-refractivity contribution < 1.29 is 4.52 Å². The maximum absolute atomic E-state index is 7.20. The van der Waals surface area contributed by atoms with E-state index >= 15 is 0 Å². The zero-order valence-electron chi connectivity index (χ0n) is 13.2. The lowest BCUT2D eigenvalue weighted by atomic mass is 9.88. The first-order valence-electron chi connectivity index (χ1n) is 7.47. The minimum atomic E-state index is -1.30. The number of rotatable bonds is 8. The van der Waals surface area contributed by atoms with E-state index in [0.29, 0.717) is 0 Å². The summed E-state index contributed by atoms with van der Waals surface area (Å²) in [5.74, 6) is 1.08. The van der Waals surface area contributed by atoms with Gasteiger partial charge in [-0.1, -0.05) is 41.1 Å². The Hall–Kier alpha value is -1.84. The maximum atomic E-state index is 7.20. The molecule has 1 aromatic rings. The molecule has 0 radical (unpaired) electrons. The highest BCUT2D eigenvalue weighted by molar-refractivity contribution is 8.02. The summed E-state index contributed by atoms with van der Waals surface area (Å²) in [4.78, 5) is 0. The Balaban J connectivity index is 2.32. The molecule has 2 rings (SSSR count). The van der Waals surface area contributed by atoms with Gasteiger partial charge >= 0.3 is 7.07 Å². The Morgan fingerprint density at radius 2 is 2.39 bits per heavy atom. The van der Waals surface area contributed by atoms with Gasteiger partial charge in [-0.25, -0.2) is 0 Å². The molecule has 0 amide bonds. The minimum Gasteiger partial charge on any atom is -0.313 e. The van der Waals surface area contributed by atoms with Crippen molar-refractivity contribution in [3.8, 4) is 5.75 Å². The Labute approximate surface area is 143 Å². The van der Waals surface area contributed by atoms with E-state index in [1.165, 1.54) is 17.4 Å². The van der Waals surface area contributed by atoms with E-state index < -0.39 is 7.07 Å². The van der Waals surface area contributed by atoms with Gasteiger partial charge in [-0.15, -0.1) is 0 Å². The van der Waals surface area contributed by atoms with E-state index in [1.54, 1.807) is 0 Å². The van der Waals surface area contributed by atoms with Gasteiger partial charge in [0.1, 0.15) is 0 Å². The number of aryl methyl sites for hydroxylation is 1. The highest BCUT2D eigenvalue weighted by atomic mass is 32.4. The van der Waals surface area contributed by atoms with Gasteiger partial charge in [-0.05, 0) is 44.0 Å². The van der Waals surface area contributed by atoms with Crippen molar-refractivity contribution in [3.05, 3.63) is 53.1 Å².